The molecule has 0 heterocycles. The number of carbonyl (C=O) groups is 1. The van der Waals surface area contributed by atoms with Gasteiger partial charge in [-0.05, 0) is 12.5 Å². The second kappa shape index (κ2) is 8.30. The molecule has 1 aromatic rings. The van der Waals surface area contributed by atoms with Gasteiger partial charge in [0, 0.05) is 0 Å². The third kappa shape index (κ3) is 5.86. The molecule has 0 aliphatic heterocycles. The van der Waals surface area contributed by atoms with Crippen LogP contribution in [-0.2, 0) is 0 Å². The first kappa shape index (κ1) is 15.2. The van der Waals surface area contributed by atoms with Crippen LogP contribution in [0.1, 0.15) is 29.8 Å². The predicted molar refractivity (Wildman–Crippen MR) is 46.9 cm³/mol. The van der Waals surface area contributed by atoms with E-state index in [4.69, 9.17) is 0 Å². The fourth-order valence-electron chi connectivity index (χ4n) is 0.690. The molecule has 0 bridgehead atoms. The average Bonchev–Trinajstić information content (AvgIpc) is 2.09. The number of hydrogen-bond acceptors (Lipinski definition) is 2. The van der Waals surface area contributed by atoms with Crippen LogP contribution in [0.2, 0.25) is 0 Å². The Morgan fingerprint density at radius 2 is 1.54 bits per heavy atom. The maximum atomic E-state index is 10.2. The first-order chi connectivity index (χ1) is 5.70. The van der Waals surface area contributed by atoms with Gasteiger partial charge in [0.1, 0.15) is 0 Å². The molecule has 0 unspecified atom stereocenters. The van der Waals surface area contributed by atoms with Gasteiger partial charge < -0.3 is 9.90 Å². The zero-order valence-electron chi connectivity index (χ0n) is 8.63. The van der Waals surface area contributed by atoms with Crippen molar-refractivity contribution >= 4 is 5.97 Å². The van der Waals surface area contributed by atoms with Crippen molar-refractivity contribution < 1.29 is 39.5 Å². The maximum Gasteiger partial charge on any atom is 1.00 e. The molecular formula is C10H13NaO2. The van der Waals surface area contributed by atoms with Gasteiger partial charge in [-0.3, -0.25) is 0 Å². The van der Waals surface area contributed by atoms with Gasteiger partial charge in [-0.2, -0.15) is 0 Å². The second-order valence-electron chi connectivity index (χ2n) is 2.15. The number of carboxylic acids is 1. The van der Waals surface area contributed by atoms with Gasteiger partial charge in [0.05, 0.1) is 5.97 Å². The number of carboxylic acid groups (broad SMARTS) is 1. The molecule has 3 heteroatoms. The molecule has 0 atom stereocenters. The Kier molecular flexibility index (Phi) is 9.68. The number of aromatic carboxylic acids is 1. The SMILES string of the molecule is CC.Cc1ccc(C(=O)[O-])cc1.[Na+]. The smallest absolute Gasteiger partial charge is 0.545 e. The van der Waals surface area contributed by atoms with Gasteiger partial charge in [-0.25, -0.2) is 0 Å². The van der Waals surface area contributed by atoms with Crippen LogP contribution < -0.4 is 34.7 Å². The molecule has 0 saturated carbocycles. The van der Waals surface area contributed by atoms with Crippen molar-refractivity contribution in [3.05, 3.63) is 35.4 Å². The van der Waals surface area contributed by atoms with Crippen molar-refractivity contribution in [2.75, 3.05) is 0 Å². The van der Waals surface area contributed by atoms with Gasteiger partial charge in [0.15, 0.2) is 0 Å². The Balaban J connectivity index is 0. The van der Waals surface area contributed by atoms with Crippen LogP contribution in [0.3, 0.4) is 0 Å². The summed E-state index contributed by atoms with van der Waals surface area (Å²) in [4.78, 5) is 10.2. The van der Waals surface area contributed by atoms with Crippen molar-refractivity contribution in [3.8, 4) is 0 Å². The molecule has 1 rings (SSSR count). The molecule has 0 aliphatic rings. The van der Waals surface area contributed by atoms with Gasteiger partial charge in [0.25, 0.3) is 0 Å². The Hall–Kier alpha value is -0.310. The third-order valence-electron chi connectivity index (χ3n) is 1.29. The molecule has 0 amide bonds. The molecule has 1 aromatic carbocycles. The van der Waals surface area contributed by atoms with Crippen LogP contribution in [0.15, 0.2) is 24.3 Å². The van der Waals surface area contributed by atoms with Crippen LogP contribution in [0.25, 0.3) is 0 Å². The maximum absolute atomic E-state index is 10.2. The van der Waals surface area contributed by atoms with Crippen molar-refractivity contribution in [3.63, 3.8) is 0 Å². The summed E-state index contributed by atoms with van der Waals surface area (Å²) in [6, 6.07) is 6.55. The van der Waals surface area contributed by atoms with Crippen LogP contribution in [-0.4, -0.2) is 5.97 Å². The molecule has 0 saturated heterocycles. The van der Waals surface area contributed by atoms with Gasteiger partial charge in [-0.15, -0.1) is 0 Å². The number of rotatable bonds is 1. The van der Waals surface area contributed by atoms with E-state index in [0.29, 0.717) is 0 Å². The minimum absolute atomic E-state index is 0. The van der Waals surface area contributed by atoms with E-state index in [0.717, 1.165) is 5.56 Å². The Labute approximate surface area is 101 Å². The van der Waals surface area contributed by atoms with Gasteiger partial charge >= 0.3 is 29.6 Å². The third-order valence-corrected chi connectivity index (χ3v) is 1.29. The first-order valence-corrected chi connectivity index (χ1v) is 3.98. The molecule has 0 spiro atoms. The van der Waals surface area contributed by atoms with Crippen molar-refractivity contribution in [1.82, 2.24) is 0 Å². The van der Waals surface area contributed by atoms with Crippen LogP contribution in [0.4, 0.5) is 0 Å². The summed E-state index contributed by atoms with van der Waals surface area (Å²) in [6.45, 7) is 5.90. The summed E-state index contributed by atoms with van der Waals surface area (Å²) in [7, 11) is 0. The largest absolute Gasteiger partial charge is 1.00 e. The molecule has 66 valence electrons. The Bertz CT molecular complexity index is 242. The summed E-state index contributed by atoms with van der Waals surface area (Å²) in [6.07, 6.45) is 0. The minimum atomic E-state index is -1.12. The zero-order chi connectivity index (χ0) is 9.56. The second-order valence-corrected chi connectivity index (χ2v) is 2.15. The number of hydrogen-bond donors (Lipinski definition) is 0. The van der Waals surface area contributed by atoms with Gasteiger partial charge in [0.2, 0.25) is 0 Å². The van der Waals surface area contributed by atoms with Crippen LogP contribution in [0, 0.1) is 6.92 Å². The van der Waals surface area contributed by atoms with Crippen LogP contribution >= 0.6 is 0 Å². The summed E-state index contributed by atoms with van der Waals surface area (Å²) in [5.74, 6) is -1.12. The van der Waals surface area contributed by atoms with E-state index in [1.807, 2.05) is 20.8 Å². The van der Waals surface area contributed by atoms with E-state index in [2.05, 4.69) is 0 Å². The van der Waals surface area contributed by atoms with E-state index in [9.17, 15) is 9.90 Å². The molecule has 13 heavy (non-hydrogen) atoms. The van der Waals surface area contributed by atoms with E-state index < -0.39 is 5.97 Å². The first-order valence-electron chi connectivity index (χ1n) is 3.98. The summed E-state index contributed by atoms with van der Waals surface area (Å²) >= 11 is 0. The normalized spacial score (nSPS) is 7.62. The quantitative estimate of drug-likeness (QED) is 0.497. The number of aryl methyl sites for hydroxylation is 1. The molecule has 0 aliphatic carbocycles. The molecule has 0 N–H and O–H groups in total. The van der Waals surface area contributed by atoms with E-state index in [1.54, 1.807) is 12.1 Å². The fraction of sp³-hybridized carbons (Fsp3) is 0.300. The van der Waals surface area contributed by atoms with Crippen molar-refractivity contribution in [2.24, 2.45) is 0 Å². The number of carbonyl (C=O) groups excluding carboxylic acids is 1. The number of benzene rings is 1. The monoisotopic (exact) mass is 188 g/mol. The molecule has 0 fully saturated rings. The van der Waals surface area contributed by atoms with Crippen molar-refractivity contribution in [2.45, 2.75) is 20.8 Å². The molecule has 0 radical (unpaired) electrons. The van der Waals surface area contributed by atoms with Crippen LogP contribution in [0.5, 0.6) is 0 Å². The minimum Gasteiger partial charge on any atom is -0.545 e. The van der Waals surface area contributed by atoms with Gasteiger partial charge in [-0.1, -0.05) is 43.7 Å². The summed E-state index contributed by atoms with van der Waals surface area (Å²) in [5, 5.41) is 10.2. The summed E-state index contributed by atoms with van der Waals surface area (Å²) in [5.41, 5.74) is 1.27. The van der Waals surface area contributed by atoms with E-state index in [-0.39, 0.29) is 35.1 Å². The Morgan fingerprint density at radius 1 is 1.15 bits per heavy atom. The zero-order valence-corrected chi connectivity index (χ0v) is 10.6. The summed E-state index contributed by atoms with van der Waals surface area (Å²) < 4.78 is 0. The average molecular weight is 188 g/mol. The van der Waals surface area contributed by atoms with E-state index >= 15 is 0 Å². The van der Waals surface area contributed by atoms with Crippen molar-refractivity contribution in [1.29, 1.82) is 0 Å². The van der Waals surface area contributed by atoms with E-state index in [1.165, 1.54) is 12.1 Å². The fourth-order valence-corrected chi connectivity index (χ4v) is 0.690. The molecular weight excluding hydrogens is 175 g/mol. The topological polar surface area (TPSA) is 40.1 Å². The molecule has 0 aromatic heterocycles. The standard InChI is InChI=1S/C8H8O2.C2H6.Na/c1-6-2-4-7(5-3-6)8(9)10;1-2;/h2-5H,1H3,(H,9,10);1-2H3;/q;;+1/p-1. The predicted octanol–water partition coefficient (Wildman–Crippen LogP) is -1.61. The molecule has 2 nitrogen and oxygen atoms in total. The Morgan fingerprint density at radius 3 is 1.85 bits per heavy atom.